The Morgan fingerprint density at radius 2 is 2.00 bits per heavy atom. The van der Waals surface area contributed by atoms with E-state index in [2.05, 4.69) is 15.8 Å². The van der Waals surface area contributed by atoms with Crippen LogP contribution in [0.25, 0.3) is 11.3 Å². The van der Waals surface area contributed by atoms with Crippen molar-refractivity contribution >= 4 is 46.9 Å². The zero-order valence-electron chi connectivity index (χ0n) is 18.6. The second kappa shape index (κ2) is 11.5. The van der Waals surface area contributed by atoms with Crippen molar-refractivity contribution in [1.82, 2.24) is 10.7 Å². The van der Waals surface area contributed by atoms with Crippen LogP contribution in [0.5, 0.6) is 5.75 Å². The molecule has 0 aliphatic rings. The molecule has 3 rings (SSSR count). The van der Waals surface area contributed by atoms with Crippen molar-refractivity contribution in [1.29, 1.82) is 0 Å². The summed E-state index contributed by atoms with van der Waals surface area (Å²) in [5.74, 6) is -0.0882. The molecular formula is C23H20Cl2N4O6. The molecule has 0 saturated carbocycles. The number of hydrazone groups is 1. The van der Waals surface area contributed by atoms with Crippen molar-refractivity contribution in [3.8, 4) is 17.1 Å². The highest BCUT2D eigenvalue weighted by atomic mass is 35.5. The van der Waals surface area contributed by atoms with Crippen LogP contribution < -0.4 is 15.5 Å². The third-order valence-electron chi connectivity index (χ3n) is 4.77. The van der Waals surface area contributed by atoms with E-state index in [0.717, 1.165) is 0 Å². The van der Waals surface area contributed by atoms with Crippen LogP contribution in [0.1, 0.15) is 18.2 Å². The fourth-order valence-corrected chi connectivity index (χ4v) is 3.44. The van der Waals surface area contributed by atoms with Gasteiger partial charge in [0.2, 0.25) is 0 Å². The van der Waals surface area contributed by atoms with Crippen LogP contribution >= 0.6 is 23.2 Å². The molecule has 1 heterocycles. The van der Waals surface area contributed by atoms with Crippen molar-refractivity contribution in [3.05, 3.63) is 80.0 Å². The van der Waals surface area contributed by atoms with Crippen molar-refractivity contribution in [3.63, 3.8) is 0 Å². The topological polar surface area (TPSA) is 136 Å². The molecule has 0 aliphatic carbocycles. The SMILES string of the molecule is Cc1c(-c2ccc(/C=N\NC(=O)CNC(=O)[C@@H](C)Oc3ccc(Cl)cc3Cl)o2)cccc1[N+](=O)[O-]. The Hall–Kier alpha value is -3.89. The smallest absolute Gasteiger partial charge is 0.273 e. The average Bonchev–Trinajstić information content (AvgIpc) is 3.27. The van der Waals surface area contributed by atoms with E-state index in [1.165, 1.54) is 31.3 Å². The Kier molecular flexibility index (Phi) is 8.45. The Morgan fingerprint density at radius 3 is 2.71 bits per heavy atom. The molecule has 0 bridgehead atoms. The number of carbonyl (C=O) groups is 2. The molecule has 2 N–H and O–H groups in total. The Balaban J connectivity index is 1.50. The summed E-state index contributed by atoms with van der Waals surface area (Å²) in [5.41, 5.74) is 3.29. The van der Waals surface area contributed by atoms with Crippen molar-refractivity contribution in [2.24, 2.45) is 5.10 Å². The Labute approximate surface area is 210 Å². The van der Waals surface area contributed by atoms with Gasteiger partial charge >= 0.3 is 0 Å². The first kappa shape index (κ1) is 25.7. The summed E-state index contributed by atoms with van der Waals surface area (Å²) in [6.07, 6.45) is 0.355. The number of hydrogen-bond donors (Lipinski definition) is 2. The quantitative estimate of drug-likeness (QED) is 0.243. The van der Waals surface area contributed by atoms with E-state index in [-0.39, 0.29) is 23.0 Å². The molecule has 1 aromatic heterocycles. The Bertz CT molecular complexity index is 1290. The minimum atomic E-state index is -0.913. The van der Waals surface area contributed by atoms with Gasteiger partial charge in [-0.3, -0.25) is 19.7 Å². The number of amides is 2. The number of nitrogens with zero attached hydrogens (tertiary/aromatic N) is 2. The maximum atomic E-state index is 12.2. The zero-order chi connectivity index (χ0) is 25.5. The first-order valence-corrected chi connectivity index (χ1v) is 11.0. The van der Waals surface area contributed by atoms with Crippen molar-refractivity contribution in [2.45, 2.75) is 20.0 Å². The molecule has 0 aliphatic heterocycles. The molecule has 10 nitrogen and oxygen atoms in total. The number of ether oxygens (including phenoxy) is 1. The summed E-state index contributed by atoms with van der Waals surface area (Å²) in [5, 5.41) is 18.0. The number of nitro benzene ring substituents is 1. The van der Waals surface area contributed by atoms with Gasteiger partial charge in [-0.2, -0.15) is 5.10 Å². The maximum Gasteiger partial charge on any atom is 0.273 e. The van der Waals surface area contributed by atoms with Gasteiger partial charge in [-0.15, -0.1) is 0 Å². The number of hydrogen-bond acceptors (Lipinski definition) is 7. The van der Waals surface area contributed by atoms with E-state index in [4.69, 9.17) is 32.4 Å². The van der Waals surface area contributed by atoms with E-state index in [1.54, 1.807) is 37.3 Å². The van der Waals surface area contributed by atoms with Crippen molar-refractivity contribution < 1.29 is 23.7 Å². The molecule has 0 radical (unpaired) electrons. The standard InChI is InChI=1S/C23H20Cl2N4O6/c1-13-17(4-3-5-19(13)29(32)33)20-9-7-16(35-20)11-27-28-22(30)12-26-23(31)14(2)34-21-8-6-15(24)10-18(21)25/h3-11,14H,12H2,1-2H3,(H,26,31)(H,28,30)/b27-11-/t14-/m1/s1. The lowest BCUT2D eigenvalue weighted by Gasteiger charge is -2.15. The zero-order valence-corrected chi connectivity index (χ0v) is 20.1. The number of halogens is 2. The van der Waals surface area contributed by atoms with Gasteiger partial charge in [0, 0.05) is 22.2 Å². The van der Waals surface area contributed by atoms with E-state index >= 15 is 0 Å². The van der Waals surface area contributed by atoms with Gasteiger partial charge in [0.1, 0.15) is 17.3 Å². The van der Waals surface area contributed by atoms with E-state index in [1.807, 2.05) is 0 Å². The van der Waals surface area contributed by atoms with Gasteiger partial charge in [-0.05, 0) is 44.2 Å². The van der Waals surface area contributed by atoms with Gasteiger partial charge in [0.05, 0.1) is 22.7 Å². The molecule has 0 spiro atoms. The number of rotatable bonds is 9. The van der Waals surface area contributed by atoms with Crippen LogP contribution in [0.3, 0.4) is 0 Å². The molecule has 0 fully saturated rings. The predicted octanol–water partition coefficient (Wildman–Crippen LogP) is 4.50. The second-order valence-electron chi connectivity index (χ2n) is 7.25. The lowest BCUT2D eigenvalue weighted by atomic mass is 10.1. The van der Waals surface area contributed by atoms with Crippen LogP contribution in [0.4, 0.5) is 5.69 Å². The molecule has 2 amide bonds. The molecular weight excluding hydrogens is 499 g/mol. The molecule has 0 unspecified atom stereocenters. The minimum Gasteiger partial charge on any atom is -0.479 e. The molecule has 0 saturated heterocycles. The predicted molar refractivity (Wildman–Crippen MR) is 131 cm³/mol. The summed E-state index contributed by atoms with van der Waals surface area (Å²) in [4.78, 5) is 34.8. The van der Waals surface area contributed by atoms with Crippen LogP contribution in [-0.4, -0.2) is 35.6 Å². The summed E-state index contributed by atoms with van der Waals surface area (Å²) in [6.45, 7) is 2.80. The van der Waals surface area contributed by atoms with Gasteiger partial charge in [-0.1, -0.05) is 35.3 Å². The lowest BCUT2D eigenvalue weighted by molar-refractivity contribution is -0.385. The fraction of sp³-hybridized carbons (Fsp3) is 0.174. The largest absolute Gasteiger partial charge is 0.479 e. The molecule has 35 heavy (non-hydrogen) atoms. The summed E-state index contributed by atoms with van der Waals surface area (Å²) >= 11 is 11.9. The number of nitrogens with one attached hydrogen (secondary N) is 2. The molecule has 12 heteroatoms. The number of furan rings is 1. The van der Waals surface area contributed by atoms with Gasteiger partial charge in [0.25, 0.3) is 17.5 Å². The molecule has 1 atom stereocenters. The van der Waals surface area contributed by atoms with Gasteiger partial charge in [-0.25, -0.2) is 5.43 Å². The highest BCUT2D eigenvalue weighted by Gasteiger charge is 2.18. The maximum absolute atomic E-state index is 12.2. The first-order valence-electron chi connectivity index (χ1n) is 10.2. The van der Waals surface area contributed by atoms with Crippen molar-refractivity contribution in [2.75, 3.05) is 6.54 Å². The van der Waals surface area contributed by atoms with E-state index in [0.29, 0.717) is 27.7 Å². The number of carbonyl (C=O) groups excluding carboxylic acids is 2. The van der Waals surface area contributed by atoms with Crippen LogP contribution in [0.15, 0.2) is 58.0 Å². The fourth-order valence-electron chi connectivity index (χ4n) is 2.99. The first-order chi connectivity index (χ1) is 16.7. The highest BCUT2D eigenvalue weighted by molar-refractivity contribution is 6.35. The summed E-state index contributed by atoms with van der Waals surface area (Å²) in [7, 11) is 0. The van der Waals surface area contributed by atoms with Crippen LogP contribution in [-0.2, 0) is 9.59 Å². The minimum absolute atomic E-state index is 0.0144. The van der Waals surface area contributed by atoms with Gasteiger partial charge < -0.3 is 14.5 Å². The van der Waals surface area contributed by atoms with E-state index < -0.39 is 22.8 Å². The summed E-state index contributed by atoms with van der Waals surface area (Å²) in [6, 6.07) is 12.5. The second-order valence-corrected chi connectivity index (χ2v) is 8.10. The lowest BCUT2D eigenvalue weighted by Crippen LogP contribution is -2.41. The highest BCUT2D eigenvalue weighted by Crippen LogP contribution is 2.31. The Morgan fingerprint density at radius 1 is 1.23 bits per heavy atom. The number of nitro groups is 1. The molecule has 182 valence electrons. The molecule has 2 aromatic carbocycles. The third-order valence-corrected chi connectivity index (χ3v) is 5.30. The van der Waals surface area contributed by atoms with Gasteiger partial charge in [0.15, 0.2) is 6.10 Å². The monoisotopic (exact) mass is 518 g/mol. The average molecular weight is 519 g/mol. The summed E-state index contributed by atoms with van der Waals surface area (Å²) < 4.78 is 11.1. The molecule has 3 aromatic rings. The van der Waals surface area contributed by atoms with Crippen LogP contribution in [0.2, 0.25) is 10.0 Å². The number of benzene rings is 2. The third kappa shape index (κ3) is 6.81. The van der Waals surface area contributed by atoms with Crippen LogP contribution in [0, 0.1) is 17.0 Å². The van der Waals surface area contributed by atoms with E-state index in [9.17, 15) is 19.7 Å². The normalized spacial score (nSPS) is 11.8.